The van der Waals surface area contributed by atoms with Crippen LogP contribution in [-0.4, -0.2) is 72.0 Å². The molecule has 1 saturated heterocycles. The molecule has 2 aliphatic rings. The van der Waals surface area contributed by atoms with Crippen LogP contribution in [0.2, 0.25) is 0 Å². The molecule has 1 aromatic carbocycles. The van der Waals surface area contributed by atoms with Gasteiger partial charge in [0.1, 0.15) is 6.61 Å². The quantitative estimate of drug-likeness (QED) is 0.164. The van der Waals surface area contributed by atoms with E-state index in [1.165, 1.54) is 0 Å². The predicted octanol–water partition coefficient (Wildman–Crippen LogP) is 4.81. The number of alkyl halides is 1. The first-order valence-electron chi connectivity index (χ1n) is 14.0. The topological polar surface area (TPSA) is 79.2 Å². The largest absolute Gasteiger partial charge is 0.464 e. The van der Waals surface area contributed by atoms with Crippen molar-refractivity contribution in [1.29, 1.82) is 0 Å². The normalized spacial score (nSPS) is 24.9. The Morgan fingerprint density at radius 2 is 1.95 bits per heavy atom. The summed E-state index contributed by atoms with van der Waals surface area (Å²) in [6.07, 6.45) is 5.96. The van der Waals surface area contributed by atoms with Gasteiger partial charge >= 0.3 is 5.97 Å². The molecule has 1 aliphatic carbocycles. The van der Waals surface area contributed by atoms with Crippen molar-refractivity contribution >= 4 is 17.6 Å². The first kappa shape index (κ1) is 29.9. The van der Waals surface area contributed by atoms with E-state index in [9.17, 15) is 15.0 Å². The van der Waals surface area contributed by atoms with Gasteiger partial charge in [0.25, 0.3) is 0 Å². The van der Waals surface area contributed by atoms with Crippen LogP contribution in [-0.2, 0) is 14.3 Å². The molecule has 1 saturated carbocycles. The van der Waals surface area contributed by atoms with E-state index in [2.05, 4.69) is 23.7 Å². The second-order valence-corrected chi connectivity index (χ2v) is 10.8. The lowest BCUT2D eigenvalue weighted by molar-refractivity contribution is -0.144. The van der Waals surface area contributed by atoms with E-state index in [0.717, 1.165) is 69.7 Å². The smallest absolute Gasteiger partial charge is 0.305 e. The third-order valence-corrected chi connectivity index (χ3v) is 8.02. The molecule has 3 rings (SSSR count). The van der Waals surface area contributed by atoms with E-state index in [-0.39, 0.29) is 23.2 Å². The van der Waals surface area contributed by atoms with E-state index >= 15 is 0 Å². The number of halogens is 1. The molecule has 6 nitrogen and oxygen atoms in total. The highest BCUT2D eigenvalue weighted by atomic mass is 35.5. The number of rotatable bonds is 13. The number of hydrogen-bond donors (Lipinski definition) is 2. The minimum atomic E-state index is -0.498. The van der Waals surface area contributed by atoms with Gasteiger partial charge in [0.05, 0.1) is 25.4 Å². The summed E-state index contributed by atoms with van der Waals surface area (Å²) in [6.45, 7) is 6.60. The Bertz CT molecular complexity index is 861. The summed E-state index contributed by atoms with van der Waals surface area (Å²) in [6, 6.07) is 7.99. The molecule has 3 unspecified atom stereocenters. The number of aliphatic hydroxyl groups is 2. The van der Waals surface area contributed by atoms with Crippen molar-refractivity contribution in [3.8, 4) is 11.8 Å². The molecular formula is C30H44ClNO5. The Hall–Kier alpha value is -1.62. The van der Waals surface area contributed by atoms with E-state index in [1.54, 1.807) is 0 Å². The van der Waals surface area contributed by atoms with Crippen LogP contribution in [0.5, 0.6) is 0 Å². The van der Waals surface area contributed by atoms with Gasteiger partial charge in [0.15, 0.2) is 0 Å². The molecule has 37 heavy (non-hydrogen) atoms. The maximum Gasteiger partial charge on any atom is 0.305 e. The van der Waals surface area contributed by atoms with Gasteiger partial charge in [0, 0.05) is 50.2 Å². The van der Waals surface area contributed by atoms with Gasteiger partial charge in [-0.25, -0.2) is 0 Å². The third-order valence-electron chi connectivity index (χ3n) is 7.51. The zero-order chi connectivity index (χ0) is 26.5. The van der Waals surface area contributed by atoms with Crippen molar-refractivity contribution in [3.63, 3.8) is 0 Å². The molecule has 1 heterocycles. The van der Waals surface area contributed by atoms with Gasteiger partial charge < -0.3 is 19.7 Å². The number of aliphatic hydroxyl groups excluding tert-OH is 2. The summed E-state index contributed by atoms with van der Waals surface area (Å²) in [5.41, 5.74) is 1.97. The van der Waals surface area contributed by atoms with Crippen LogP contribution in [0.1, 0.15) is 87.9 Å². The molecule has 1 aromatic rings. The van der Waals surface area contributed by atoms with Crippen molar-refractivity contribution in [2.45, 2.75) is 88.2 Å². The summed E-state index contributed by atoms with van der Waals surface area (Å²) in [5.74, 6) is 6.24. The van der Waals surface area contributed by atoms with Crippen molar-refractivity contribution in [2.24, 2.45) is 5.92 Å². The molecule has 1 aliphatic heterocycles. The van der Waals surface area contributed by atoms with Crippen molar-refractivity contribution in [3.05, 3.63) is 35.4 Å². The molecule has 0 radical (unpaired) electrons. The number of carbonyl (C=O) groups is 1. The minimum Gasteiger partial charge on any atom is -0.464 e. The van der Waals surface area contributed by atoms with Crippen LogP contribution in [0.25, 0.3) is 0 Å². The first-order valence-corrected chi connectivity index (χ1v) is 14.4. The summed E-state index contributed by atoms with van der Waals surface area (Å²) in [5, 5.41) is 21.0. The van der Waals surface area contributed by atoms with Gasteiger partial charge in [-0.05, 0) is 36.3 Å². The first-order chi connectivity index (χ1) is 18.0. The number of ether oxygens (including phenoxy) is 2. The fourth-order valence-electron chi connectivity index (χ4n) is 5.27. The third kappa shape index (κ3) is 9.89. The second-order valence-electron chi connectivity index (χ2n) is 10.3. The van der Waals surface area contributed by atoms with Gasteiger partial charge in [-0.2, -0.15) is 0 Å². The number of carbonyl (C=O) groups excluding carboxylic acids is 1. The maximum absolute atomic E-state index is 12.0. The van der Waals surface area contributed by atoms with E-state index in [1.807, 2.05) is 24.3 Å². The van der Waals surface area contributed by atoms with Crippen LogP contribution in [0.4, 0.5) is 0 Å². The van der Waals surface area contributed by atoms with E-state index in [4.69, 9.17) is 21.1 Å². The van der Waals surface area contributed by atoms with Crippen LogP contribution in [0, 0.1) is 17.8 Å². The fraction of sp³-hybridized carbons (Fsp3) is 0.700. The van der Waals surface area contributed by atoms with Gasteiger partial charge in [-0.1, -0.05) is 50.5 Å². The highest BCUT2D eigenvalue weighted by molar-refractivity contribution is 6.21. The second kappa shape index (κ2) is 16.4. The van der Waals surface area contributed by atoms with Crippen LogP contribution in [0.15, 0.2) is 24.3 Å². The standard InChI is InChI=1S/C30H44ClNO5/c1-2-3-6-10-27(33)23-12-14-24(15-13-23)30-25(26(31)22-28(30)34)9-7-4-5-8-11-29(35)37-21-18-32-16-19-36-20-17-32/h12-15,25-28,30,33-34H,2-3,5-6,8-11,16-22H2,1H3/t25?,26-,27?,28-,30?/m1/s1. The lowest BCUT2D eigenvalue weighted by Gasteiger charge is -2.26. The Morgan fingerprint density at radius 3 is 2.68 bits per heavy atom. The Balaban J connectivity index is 1.40. The number of esters is 1. The molecule has 7 heteroatoms. The molecule has 2 fully saturated rings. The molecular weight excluding hydrogens is 490 g/mol. The Labute approximate surface area is 227 Å². The maximum atomic E-state index is 12.0. The zero-order valence-electron chi connectivity index (χ0n) is 22.2. The van der Waals surface area contributed by atoms with Gasteiger partial charge in [-0.3, -0.25) is 9.69 Å². The Morgan fingerprint density at radius 1 is 1.19 bits per heavy atom. The van der Waals surface area contributed by atoms with Crippen molar-refractivity contribution in [2.75, 3.05) is 39.5 Å². The summed E-state index contributed by atoms with van der Waals surface area (Å²) in [4.78, 5) is 14.2. The lowest BCUT2D eigenvalue weighted by Crippen LogP contribution is -2.38. The molecule has 5 atom stereocenters. The van der Waals surface area contributed by atoms with Crippen LogP contribution in [0.3, 0.4) is 0 Å². The van der Waals surface area contributed by atoms with Crippen LogP contribution >= 0.6 is 11.6 Å². The van der Waals surface area contributed by atoms with Crippen LogP contribution < -0.4 is 0 Å². The molecule has 0 amide bonds. The lowest BCUT2D eigenvalue weighted by atomic mass is 9.85. The van der Waals surface area contributed by atoms with Gasteiger partial charge in [-0.15, -0.1) is 23.4 Å². The predicted molar refractivity (Wildman–Crippen MR) is 147 cm³/mol. The van der Waals surface area contributed by atoms with Crippen molar-refractivity contribution < 1.29 is 24.5 Å². The highest BCUT2D eigenvalue weighted by Gasteiger charge is 2.41. The molecule has 0 aromatic heterocycles. The van der Waals surface area contributed by atoms with E-state index < -0.39 is 12.2 Å². The minimum absolute atomic E-state index is 0.0645. The zero-order valence-corrected chi connectivity index (χ0v) is 23.0. The number of nitrogens with zero attached hydrogens (tertiary/aromatic N) is 1. The summed E-state index contributed by atoms with van der Waals surface area (Å²) in [7, 11) is 0. The SMILES string of the molecule is CCCCCC(O)c1ccc(C2C(CC#CCCCC(=O)OCCN3CCOCC3)[C@H](Cl)C[C@H]2O)cc1. The number of hydrogen-bond acceptors (Lipinski definition) is 6. The number of benzene rings is 1. The highest BCUT2D eigenvalue weighted by Crippen LogP contribution is 2.44. The van der Waals surface area contributed by atoms with Crippen molar-refractivity contribution in [1.82, 2.24) is 4.90 Å². The molecule has 0 spiro atoms. The fourth-order valence-corrected chi connectivity index (χ4v) is 5.69. The Kier molecular flexibility index (Phi) is 13.2. The summed E-state index contributed by atoms with van der Waals surface area (Å²) < 4.78 is 10.7. The molecule has 0 bridgehead atoms. The van der Waals surface area contributed by atoms with E-state index in [0.29, 0.717) is 38.7 Å². The summed E-state index contributed by atoms with van der Waals surface area (Å²) >= 11 is 6.62. The van der Waals surface area contributed by atoms with Gasteiger partial charge in [0.2, 0.25) is 0 Å². The molecule has 206 valence electrons. The average Bonchev–Trinajstić information content (AvgIpc) is 3.19. The monoisotopic (exact) mass is 533 g/mol. The average molecular weight is 534 g/mol. The number of unbranched alkanes of at least 4 members (excludes halogenated alkanes) is 3. The number of morpholine rings is 1. The molecule has 2 N–H and O–H groups in total.